The van der Waals surface area contributed by atoms with E-state index in [4.69, 9.17) is 28.0 Å². The van der Waals surface area contributed by atoms with Gasteiger partial charge < -0.3 is 49.1 Å². The first kappa shape index (κ1) is 33.4. The minimum atomic E-state index is -1.68. The fraction of sp³-hybridized carbons (Fsp3) is 0.650. The lowest BCUT2D eigenvalue weighted by molar-refractivity contribution is -0.144. The topological polar surface area (TPSA) is 295 Å². The number of rotatable bonds is 19. The van der Waals surface area contributed by atoms with Gasteiger partial charge in [0.25, 0.3) is 0 Å². The molecule has 0 saturated carbocycles. The number of guanidine groups is 1. The number of hydrogen-bond donors (Lipinski definition) is 9. The van der Waals surface area contributed by atoms with E-state index in [9.17, 15) is 33.9 Å². The minimum absolute atomic E-state index is 0.0994. The largest absolute Gasteiger partial charge is 0.481 e. The summed E-state index contributed by atoms with van der Waals surface area (Å²) >= 11 is 1.39. The number of thioether (sulfide) groups is 1. The summed E-state index contributed by atoms with van der Waals surface area (Å²) in [5, 5.41) is 25.1. The van der Waals surface area contributed by atoms with Crippen LogP contribution in [0.2, 0.25) is 0 Å². The Morgan fingerprint density at radius 2 is 1.38 bits per heavy atom. The predicted octanol–water partition coefficient (Wildman–Crippen LogP) is -3.60. The number of aliphatic carboxylic acids is 2. The highest BCUT2D eigenvalue weighted by atomic mass is 32.2. The molecular weight excluding hydrogens is 512 g/mol. The van der Waals surface area contributed by atoms with Crippen molar-refractivity contribution in [3.63, 3.8) is 0 Å². The van der Waals surface area contributed by atoms with Crippen molar-refractivity contribution in [2.24, 2.45) is 27.9 Å². The van der Waals surface area contributed by atoms with Gasteiger partial charge in [-0.05, 0) is 37.7 Å². The molecule has 0 heterocycles. The number of aliphatic imine (C=N–C) groups is 1. The second kappa shape index (κ2) is 17.8. The second-order valence-electron chi connectivity index (χ2n) is 7.96. The summed E-state index contributed by atoms with van der Waals surface area (Å²) in [5.41, 5.74) is 21.4. The molecule has 0 aromatic heterocycles. The third-order valence-electron chi connectivity index (χ3n) is 4.85. The van der Waals surface area contributed by atoms with Crippen LogP contribution in [-0.4, -0.2) is 94.5 Å². The van der Waals surface area contributed by atoms with Crippen molar-refractivity contribution >= 4 is 53.3 Å². The molecular formula is C20H36N8O8S. The summed E-state index contributed by atoms with van der Waals surface area (Å²) in [6.07, 6.45) is 0.930. The fourth-order valence-electron chi connectivity index (χ4n) is 2.92. The SMILES string of the molecule is CSCCC(NC(=O)C(N)CCCN=C(N)N)C(=O)NC(CCC(=O)O)C(=O)NC(CC(N)=O)C(=O)O. The average molecular weight is 549 g/mol. The Bertz CT molecular complexity index is 852. The van der Waals surface area contributed by atoms with Crippen LogP contribution in [0.4, 0.5) is 0 Å². The van der Waals surface area contributed by atoms with Gasteiger partial charge in [0.2, 0.25) is 23.6 Å². The number of primary amides is 1. The van der Waals surface area contributed by atoms with Crippen molar-refractivity contribution < 1.29 is 39.0 Å². The molecule has 4 amide bonds. The molecule has 0 saturated heterocycles. The van der Waals surface area contributed by atoms with Gasteiger partial charge in [0.15, 0.2) is 5.96 Å². The van der Waals surface area contributed by atoms with Gasteiger partial charge in [-0.3, -0.25) is 29.0 Å². The normalized spacial score (nSPS) is 13.8. The van der Waals surface area contributed by atoms with E-state index in [1.54, 1.807) is 6.26 Å². The Labute approximate surface area is 217 Å². The van der Waals surface area contributed by atoms with E-state index >= 15 is 0 Å². The van der Waals surface area contributed by atoms with E-state index in [-0.39, 0.29) is 31.8 Å². The summed E-state index contributed by atoms with van der Waals surface area (Å²) in [6, 6.07) is -5.25. The van der Waals surface area contributed by atoms with Gasteiger partial charge in [0.05, 0.1) is 12.5 Å². The van der Waals surface area contributed by atoms with E-state index in [2.05, 4.69) is 20.9 Å². The smallest absolute Gasteiger partial charge is 0.326 e. The van der Waals surface area contributed by atoms with Crippen LogP contribution in [-0.2, 0) is 28.8 Å². The maximum absolute atomic E-state index is 13.0. The summed E-state index contributed by atoms with van der Waals surface area (Å²) in [6.45, 7) is 0.257. The number of hydrogen-bond acceptors (Lipinski definition) is 9. The Morgan fingerprint density at radius 3 is 1.86 bits per heavy atom. The third-order valence-corrected chi connectivity index (χ3v) is 5.49. The molecule has 16 nitrogen and oxygen atoms in total. The summed E-state index contributed by atoms with van der Waals surface area (Å²) < 4.78 is 0. The number of nitrogens with one attached hydrogen (secondary N) is 3. The van der Waals surface area contributed by atoms with E-state index in [1.165, 1.54) is 11.8 Å². The van der Waals surface area contributed by atoms with Crippen LogP contribution in [0.5, 0.6) is 0 Å². The van der Waals surface area contributed by atoms with E-state index in [0.717, 1.165) is 0 Å². The minimum Gasteiger partial charge on any atom is -0.481 e. The third kappa shape index (κ3) is 15.2. The van der Waals surface area contributed by atoms with Crippen molar-refractivity contribution in [3.05, 3.63) is 0 Å². The fourth-order valence-corrected chi connectivity index (χ4v) is 3.39. The molecule has 0 radical (unpaired) electrons. The van der Waals surface area contributed by atoms with Crippen LogP contribution in [0.15, 0.2) is 4.99 Å². The van der Waals surface area contributed by atoms with Crippen LogP contribution in [0.1, 0.15) is 38.5 Å². The number of nitrogens with zero attached hydrogens (tertiary/aromatic N) is 1. The van der Waals surface area contributed by atoms with Crippen molar-refractivity contribution in [2.45, 2.75) is 62.7 Å². The molecule has 0 aliphatic rings. The van der Waals surface area contributed by atoms with Crippen LogP contribution in [0, 0.1) is 0 Å². The lowest BCUT2D eigenvalue weighted by Gasteiger charge is -2.25. The highest BCUT2D eigenvalue weighted by Gasteiger charge is 2.31. The molecule has 0 aliphatic carbocycles. The van der Waals surface area contributed by atoms with Gasteiger partial charge >= 0.3 is 11.9 Å². The number of nitrogens with two attached hydrogens (primary N) is 4. The monoisotopic (exact) mass is 548 g/mol. The number of carboxylic acid groups (broad SMARTS) is 2. The quantitative estimate of drug-likeness (QED) is 0.0429. The zero-order chi connectivity index (χ0) is 28.5. The summed E-state index contributed by atoms with van der Waals surface area (Å²) in [5.74, 6) is -5.93. The van der Waals surface area contributed by atoms with Crippen molar-refractivity contribution in [1.29, 1.82) is 0 Å². The van der Waals surface area contributed by atoms with Gasteiger partial charge in [-0.2, -0.15) is 11.8 Å². The molecule has 4 atom stereocenters. The number of amides is 4. The molecule has 13 N–H and O–H groups in total. The molecule has 0 aliphatic heterocycles. The highest BCUT2D eigenvalue weighted by molar-refractivity contribution is 7.98. The molecule has 17 heteroatoms. The number of carboxylic acids is 2. The first-order valence-electron chi connectivity index (χ1n) is 11.2. The van der Waals surface area contributed by atoms with Crippen molar-refractivity contribution in [2.75, 3.05) is 18.6 Å². The molecule has 0 aromatic rings. The van der Waals surface area contributed by atoms with Crippen LogP contribution >= 0.6 is 11.8 Å². The molecule has 0 rings (SSSR count). The average Bonchev–Trinajstić information content (AvgIpc) is 2.80. The number of carbonyl (C=O) groups excluding carboxylic acids is 4. The van der Waals surface area contributed by atoms with Gasteiger partial charge in [-0.25, -0.2) is 4.79 Å². The van der Waals surface area contributed by atoms with E-state index < -0.39 is 72.6 Å². The van der Waals surface area contributed by atoms with Crippen LogP contribution < -0.4 is 38.9 Å². The lowest BCUT2D eigenvalue weighted by Crippen LogP contribution is -2.57. The van der Waals surface area contributed by atoms with Gasteiger partial charge in [0, 0.05) is 13.0 Å². The zero-order valence-electron chi connectivity index (χ0n) is 20.5. The first-order chi connectivity index (χ1) is 17.3. The van der Waals surface area contributed by atoms with Gasteiger partial charge in [-0.1, -0.05) is 0 Å². The van der Waals surface area contributed by atoms with Gasteiger partial charge in [-0.15, -0.1) is 0 Å². The first-order valence-corrected chi connectivity index (χ1v) is 12.6. The van der Waals surface area contributed by atoms with Gasteiger partial charge in [0.1, 0.15) is 18.1 Å². The Hall–Kier alpha value is -3.60. The Morgan fingerprint density at radius 1 is 0.838 bits per heavy atom. The van der Waals surface area contributed by atoms with E-state index in [0.29, 0.717) is 12.2 Å². The Balaban J connectivity index is 5.46. The standard InChI is InChI=1S/C20H36N8O8S/c1-37-8-6-12(26-16(32)10(21)3-2-7-25-20(23)24)18(34)27-11(4-5-15(30)31)17(33)28-13(19(35)36)9-14(22)29/h10-13H,2-9,21H2,1H3,(H2,22,29)(H,26,32)(H,27,34)(H,28,33)(H,30,31)(H,35,36)(H4,23,24,25). The summed E-state index contributed by atoms with van der Waals surface area (Å²) in [4.78, 5) is 75.4. The molecule has 0 bridgehead atoms. The number of carbonyl (C=O) groups is 6. The molecule has 0 aromatic carbocycles. The van der Waals surface area contributed by atoms with Crippen molar-refractivity contribution in [1.82, 2.24) is 16.0 Å². The molecule has 4 unspecified atom stereocenters. The zero-order valence-corrected chi connectivity index (χ0v) is 21.3. The molecule has 0 spiro atoms. The maximum atomic E-state index is 13.0. The lowest BCUT2D eigenvalue weighted by atomic mass is 10.1. The van der Waals surface area contributed by atoms with Crippen molar-refractivity contribution in [3.8, 4) is 0 Å². The predicted molar refractivity (Wildman–Crippen MR) is 135 cm³/mol. The van der Waals surface area contributed by atoms with Crippen LogP contribution in [0.25, 0.3) is 0 Å². The second-order valence-corrected chi connectivity index (χ2v) is 8.95. The Kier molecular flexibility index (Phi) is 16.0. The molecule has 210 valence electrons. The summed E-state index contributed by atoms with van der Waals surface area (Å²) in [7, 11) is 0. The van der Waals surface area contributed by atoms with Crippen LogP contribution in [0.3, 0.4) is 0 Å². The maximum Gasteiger partial charge on any atom is 0.326 e. The highest BCUT2D eigenvalue weighted by Crippen LogP contribution is 2.06. The molecule has 0 fully saturated rings. The molecule has 37 heavy (non-hydrogen) atoms. The van der Waals surface area contributed by atoms with E-state index in [1.807, 2.05) is 0 Å².